The summed E-state index contributed by atoms with van der Waals surface area (Å²) in [6.07, 6.45) is 1.28. The van der Waals surface area contributed by atoms with E-state index in [1.165, 1.54) is 24.9 Å². The van der Waals surface area contributed by atoms with Crippen molar-refractivity contribution in [1.29, 1.82) is 5.26 Å². The largest absolute Gasteiger partial charge is 0.416 e. The molecule has 3 aromatic heterocycles. The number of hydrogen-bond acceptors (Lipinski definition) is 7. The number of pyridine rings is 1. The highest BCUT2D eigenvalue weighted by molar-refractivity contribution is 9.10. The first-order valence-corrected chi connectivity index (χ1v) is 10.4. The van der Waals surface area contributed by atoms with Gasteiger partial charge in [0.05, 0.1) is 34.1 Å². The molecule has 1 unspecified atom stereocenters. The highest BCUT2D eigenvalue weighted by atomic mass is 79.9. The van der Waals surface area contributed by atoms with Gasteiger partial charge < -0.3 is 4.90 Å². The first-order chi connectivity index (χ1) is 15.7. The van der Waals surface area contributed by atoms with Crippen LogP contribution in [-0.2, 0) is 6.18 Å². The predicted molar refractivity (Wildman–Crippen MR) is 119 cm³/mol. The van der Waals surface area contributed by atoms with E-state index in [1.807, 2.05) is 13.0 Å². The average Bonchev–Trinajstić information content (AvgIpc) is 2.82. The number of rotatable bonds is 4. The van der Waals surface area contributed by atoms with Crippen LogP contribution in [0.5, 0.6) is 0 Å². The maximum Gasteiger partial charge on any atom is 0.416 e. The zero-order chi connectivity index (χ0) is 23.8. The van der Waals surface area contributed by atoms with Crippen LogP contribution in [0.3, 0.4) is 0 Å². The maximum absolute atomic E-state index is 13.4. The van der Waals surface area contributed by atoms with E-state index in [9.17, 15) is 13.2 Å². The van der Waals surface area contributed by atoms with Gasteiger partial charge in [-0.2, -0.15) is 18.4 Å². The number of hydrogen-bond donors (Lipinski definition) is 0. The lowest BCUT2D eigenvalue weighted by molar-refractivity contribution is -0.137. The van der Waals surface area contributed by atoms with Gasteiger partial charge in [-0.05, 0) is 47.1 Å². The molecule has 0 bridgehead atoms. The van der Waals surface area contributed by atoms with Crippen molar-refractivity contribution in [3.8, 4) is 17.5 Å². The van der Waals surface area contributed by atoms with E-state index in [2.05, 4.69) is 40.8 Å². The minimum Gasteiger partial charge on any atom is -0.351 e. The topological polar surface area (TPSA) is 91.5 Å². The molecule has 1 aromatic carbocycles. The van der Waals surface area contributed by atoms with Crippen LogP contribution in [0.4, 0.5) is 19.0 Å². The second-order valence-corrected chi connectivity index (χ2v) is 8.02. The van der Waals surface area contributed by atoms with Crippen LogP contribution in [0.25, 0.3) is 22.3 Å². The number of alkyl halides is 3. The average molecular weight is 514 g/mol. The molecule has 33 heavy (non-hydrogen) atoms. The van der Waals surface area contributed by atoms with E-state index in [-0.39, 0.29) is 9.86 Å². The summed E-state index contributed by atoms with van der Waals surface area (Å²) < 4.78 is 40.5. The Hall–Kier alpha value is -3.65. The molecule has 166 valence electrons. The van der Waals surface area contributed by atoms with Crippen LogP contribution < -0.4 is 4.90 Å². The number of aromatic nitrogens is 5. The Bertz CT molecular complexity index is 1370. The molecule has 1 atom stereocenters. The molecular formula is C22H15BrF3N7. The van der Waals surface area contributed by atoms with Gasteiger partial charge >= 0.3 is 6.18 Å². The van der Waals surface area contributed by atoms with Gasteiger partial charge in [-0.15, -0.1) is 0 Å². The predicted octanol–water partition coefficient (Wildman–Crippen LogP) is 5.33. The molecule has 0 N–H and O–H groups in total. The Morgan fingerprint density at radius 2 is 1.82 bits per heavy atom. The summed E-state index contributed by atoms with van der Waals surface area (Å²) in [6, 6.07) is 6.92. The lowest BCUT2D eigenvalue weighted by Gasteiger charge is -2.27. The fourth-order valence-corrected chi connectivity index (χ4v) is 3.94. The lowest BCUT2D eigenvalue weighted by Crippen LogP contribution is -2.25. The van der Waals surface area contributed by atoms with Gasteiger partial charge in [0.1, 0.15) is 23.9 Å². The van der Waals surface area contributed by atoms with Crippen LogP contribution in [0.15, 0.2) is 53.7 Å². The van der Waals surface area contributed by atoms with Crippen molar-refractivity contribution in [2.24, 2.45) is 0 Å². The lowest BCUT2D eigenvalue weighted by atomic mass is 10.1. The van der Waals surface area contributed by atoms with E-state index >= 15 is 0 Å². The number of fused-ring (bicyclic) bond motifs is 1. The van der Waals surface area contributed by atoms with Crippen molar-refractivity contribution < 1.29 is 13.2 Å². The molecular weight excluding hydrogens is 499 g/mol. The molecule has 11 heteroatoms. The standard InChI is InChI=1S/C22H15BrF3N7/c1-12(18-20(29-6-5-28-18)17-4-3-13(9-27)10-30-17)33(2)21-15-7-14(22(24,25)26)8-16(23)19(15)31-11-32-21/h3-8,10-12H,1-2H3. The van der Waals surface area contributed by atoms with Gasteiger partial charge in [-0.1, -0.05) is 0 Å². The fourth-order valence-electron chi connectivity index (χ4n) is 3.38. The highest BCUT2D eigenvalue weighted by Gasteiger charge is 2.32. The van der Waals surface area contributed by atoms with E-state index in [1.54, 1.807) is 24.1 Å². The van der Waals surface area contributed by atoms with E-state index < -0.39 is 17.8 Å². The van der Waals surface area contributed by atoms with Crippen LogP contribution in [-0.4, -0.2) is 32.0 Å². The zero-order valence-electron chi connectivity index (χ0n) is 17.3. The molecule has 0 spiro atoms. The van der Waals surface area contributed by atoms with Gasteiger partial charge in [0.15, 0.2) is 0 Å². The summed E-state index contributed by atoms with van der Waals surface area (Å²) in [6.45, 7) is 1.84. The summed E-state index contributed by atoms with van der Waals surface area (Å²) in [5, 5.41) is 9.25. The summed E-state index contributed by atoms with van der Waals surface area (Å²) in [7, 11) is 1.71. The SMILES string of the molecule is CC(c1nccnc1-c1ccc(C#N)cn1)N(C)c1ncnc2c(Br)cc(C(F)(F)F)cc12. The zero-order valence-corrected chi connectivity index (χ0v) is 18.9. The molecule has 7 nitrogen and oxygen atoms in total. The summed E-state index contributed by atoms with van der Waals surface area (Å²) in [5.74, 6) is 0.309. The molecule has 3 heterocycles. The van der Waals surface area contributed by atoms with Crippen molar-refractivity contribution in [3.05, 3.63) is 70.5 Å². The maximum atomic E-state index is 13.4. The number of halogens is 4. The van der Waals surface area contributed by atoms with Crippen molar-refractivity contribution in [2.45, 2.75) is 19.1 Å². The molecule has 4 rings (SSSR count). The van der Waals surface area contributed by atoms with Crippen molar-refractivity contribution in [3.63, 3.8) is 0 Å². The quantitative estimate of drug-likeness (QED) is 0.364. The molecule has 0 saturated heterocycles. The van der Waals surface area contributed by atoms with Gasteiger partial charge in [0, 0.05) is 35.5 Å². The Balaban J connectivity index is 1.80. The minimum absolute atomic E-state index is 0.221. The Morgan fingerprint density at radius 3 is 2.48 bits per heavy atom. The third-order valence-corrected chi connectivity index (χ3v) is 5.78. The third-order valence-electron chi connectivity index (χ3n) is 5.17. The molecule has 0 fully saturated rings. The van der Waals surface area contributed by atoms with E-state index in [0.29, 0.717) is 34.0 Å². The van der Waals surface area contributed by atoms with Crippen LogP contribution >= 0.6 is 15.9 Å². The number of anilines is 1. The number of nitriles is 1. The highest BCUT2D eigenvalue weighted by Crippen LogP contribution is 2.38. The first kappa shape index (κ1) is 22.5. The van der Waals surface area contributed by atoms with Crippen LogP contribution in [0.2, 0.25) is 0 Å². The molecule has 4 aromatic rings. The van der Waals surface area contributed by atoms with Crippen molar-refractivity contribution in [2.75, 3.05) is 11.9 Å². The normalized spacial score (nSPS) is 12.4. The third kappa shape index (κ3) is 4.34. The molecule has 0 aliphatic carbocycles. The molecule has 0 amide bonds. The fraction of sp³-hybridized carbons (Fsp3) is 0.182. The second-order valence-electron chi connectivity index (χ2n) is 7.17. The summed E-state index contributed by atoms with van der Waals surface area (Å²) >= 11 is 3.20. The van der Waals surface area contributed by atoms with Crippen LogP contribution in [0, 0.1) is 11.3 Å². The van der Waals surface area contributed by atoms with Crippen LogP contribution in [0.1, 0.15) is 29.8 Å². The first-order valence-electron chi connectivity index (χ1n) is 9.62. The second kappa shape index (κ2) is 8.71. The van der Waals surface area contributed by atoms with Crippen molar-refractivity contribution in [1.82, 2.24) is 24.9 Å². The molecule has 0 aliphatic heterocycles. The Kier molecular flexibility index (Phi) is 5.95. The van der Waals surface area contributed by atoms with E-state index in [0.717, 1.165) is 12.1 Å². The van der Waals surface area contributed by atoms with Crippen molar-refractivity contribution >= 4 is 32.7 Å². The number of nitrogens with zero attached hydrogens (tertiary/aromatic N) is 7. The van der Waals surface area contributed by atoms with Gasteiger partial charge in [0.2, 0.25) is 0 Å². The Labute approximate surface area is 195 Å². The van der Waals surface area contributed by atoms with E-state index in [4.69, 9.17) is 5.26 Å². The number of benzene rings is 1. The molecule has 0 saturated carbocycles. The Morgan fingerprint density at radius 1 is 1.06 bits per heavy atom. The van der Waals surface area contributed by atoms with Gasteiger partial charge in [0.25, 0.3) is 0 Å². The summed E-state index contributed by atoms with van der Waals surface area (Å²) in [5.41, 5.74) is 1.54. The monoisotopic (exact) mass is 513 g/mol. The smallest absolute Gasteiger partial charge is 0.351 e. The molecule has 0 radical (unpaired) electrons. The van der Waals surface area contributed by atoms with Gasteiger partial charge in [-0.25, -0.2) is 9.97 Å². The summed E-state index contributed by atoms with van der Waals surface area (Å²) in [4.78, 5) is 23.3. The minimum atomic E-state index is -4.52. The van der Waals surface area contributed by atoms with Gasteiger partial charge in [-0.3, -0.25) is 15.0 Å². The molecule has 0 aliphatic rings.